The van der Waals surface area contributed by atoms with Crippen molar-refractivity contribution in [2.45, 2.75) is 32.2 Å². The number of aliphatic hydroxyl groups excluding tert-OH is 1. The van der Waals surface area contributed by atoms with Gasteiger partial charge in [0.1, 0.15) is 0 Å². The van der Waals surface area contributed by atoms with Crippen molar-refractivity contribution in [3.8, 4) is 0 Å². The zero-order valence-corrected chi connectivity index (χ0v) is 8.61. The Kier molecular flexibility index (Phi) is 4.12. The summed E-state index contributed by atoms with van der Waals surface area (Å²) in [6.07, 6.45) is 1.41. The van der Waals surface area contributed by atoms with E-state index in [9.17, 15) is 5.11 Å². The molecular formula is C9H21N3O. The molecule has 0 bridgehead atoms. The number of nitrogens with two attached hydrogens (primary N) is 1. The van der Waals surface area contributed by atoms with Gasteiger partial charge in [-0.15, -0.1) is 0 Å². The Bertz CT molecular complexity index is 144. The highest BCUT2D eigenvalue weighted by atomic mass is 16.3. The lowest BCUT2D eigenvalue weighted by Gasteiger charge is -2.37. The maximum atomic E-state index is 9.19. The van der Waals surface area contributed by atoms with E-state index >= 15 is 0 Å². The van der Waals surface area contributed by atoms with E-state index in [4.69, 9.17) is 5.73 Å². The smallest absolute Gasteiger partial charge is 0.160 e. The number of likely N-dealkylation sites (tertiary alicyclic amines) is 1. The number of hydrogen-bond acceptors (Lipinski definition) is 4. The van der Waals surface area contributed by atoms with E-state index in [0.29, 0.717) is 6.04 Å². The van der Waals surface area contributed by atoms with Crippen molar-refractivity contribution < 1.29 is 5.11 Å². The molecule has 0 aliphatic carbocycles. The molecule has 0 amide bonds. The van der Waals surface area contributed by atoms with Crippen LogP contribution in [0.3, 0.4) is 0 Å². The molecular weight excluding hydrogens is 166 g/mol. The Morgan fingerprint density at radius 2 is 2.08 bits per heavy atom. The highest BCUT2D eigenvalue weighted by molar-refractivity contribution is 4.77. The first kappa shape index (κ1) is 10.9. The highest BCUT2D eigenvalue weighted by Crippen LogP contribution is 2.15. The van der Waals surface area contributed by atoms with Crippen molar-refractivity contribution in [3.63, 3.8) is 0 Å². The van der Waals surface area contributed by atoms with Crippen molar-refractivity contribution in [2.75, 3.05) is 26.7 Å². The van der Waals surface area contributed by atoms with Crippen molar-refractivity contribution >= 4 is 0 Å². The molecule has 0 radical (unpaired) electrons. The van der Waals surface area contributed by atoms with Crippen LogP contribution in [0, 0.1) is 0 Å². The lowest BCUT2D eigenvalue weighted by atomic mass is 10.0. The Morgan fingerprint density at radius 3 is 2.46 bits per heavy atom. The molecule has 13 heavy (non-hydrogen) atoms. The van der Waals surface area contributed by atoms with Gasteiger partial charge in [0, 0.05) is 6.04 Å². The van der Waals surface area contributed by atoms with Crippen LogP contribution in [0.5, 0.6) is 0 Å². The van der Waals surface area contributed by atoms with E-state index in [1.165, 1.54) is 0 Å². The first-order valence-electron chi connectivity index (χ1n) is 5.03. The van der Waals surface area contributed by atoms with Gasteiger partial charge in [-0.1, -0.05) is 6.92 Å². The van der Waals surface area contributed by atoms with Crippen LogP contribution in [-0.4, -0.2) is 54.0 Å². The van der Waals surface area contributed by atoms with Gasteiger partial charge in [-0.3, -0.25) is 10.6 Å². The van der Waals surface area contributed by atoms with Gasteiger partial charge in [0.15, 0.2) is 6.35 Å². The molecule has 0 aromatic rings. The second kappa shape index (κ2) is 4.91. The van der Waals surface area contributed by atoms with Gasteiger partial charge < -0.3 is 10.0 Å². The van der Waals surface area contributed by atoms with Crippen molar-refractivity contribution in [2.24, 2.45) is 5.73 Å². The molecule has 1 aliphatic heterocycles. The minimum absolute atomic E-state index is 0.447. The summed E-state index contributed by atoms with van der Waals surface area (Å²) >= 11 is 0. The van der Waals surface area contributed by atoms with E-state index in [0.717, 1.165) is 32.5 Å². The van der Waals surface area contributed by atoms with Gasteiger partial charge in [0.2, 0.25) is 0 Å². The van der Waals surface area contributed by atoms with E-state index in [1.54, 1.807) is 0 Å². The summed E-state index contributed by atoms with van der Waals surface area (Å²) in [5.41, 5.74) is 5.40. The summed E-state index contributed by atoms with van der Waals surface area (Å²) in [7, 11) is 1.89. The monoisotopic (exact) mass is 187 g/mol. The molecule has 1 atom stereocenters. The van der Waals surface area contributed by atoms with E-state index < -0.39 is 6.35 Å². The summed E-state index contributed by atoms with van der Waals surface area (Å²) in [5.74, 6) is 0. The predicted molar refractivity (Wildman–Crippen MR) is 53.1 cm³/mol. The largest absolute Gasteiger partial charge is 0.365 e. The first-order valence-corrected chi connectivity index (χ1v) is 5.03. The van der Waals surface area contributed by atoms with Gasteiger partial charge in [-0.25, -0.2) is 0 Å². The molecule has 1 unspecified atom stereocenters. The maximum absolute atomic E-state index is 9.19. The molecule has 4 nitrogen and oxygen atoms in total. The zero-order chi connectivity index (χ0) is 9.84. The van der Waals surface area contributed by atoms with Crippen molar-refractivity contribution in [1.29, 1.82) is 0 Å². The fourth-order valence-corrected chi connectivity index (χ4v) is 1.86. The summed E-state index contributed by atoms with van der Waals surface area (Å²) in [6, 6.07) is 0.447. The summed E-state index contributed by atoms with van der Waals surface area (Å²) in [6.45, 7) is 5.56. The SMILES string of the molecule is CCN1CCC(N(C)C(N)O)CC1. The van der Waals surface area contributed by atoms with Crippen LogP contribution in [-0.2, 0) is 0 Å². The summed E-state index contributed by atoms with van der Waals surface area (Å²) in [4.78, 5) is 4.28. The summed E-state index contributed by atoms with van der Waals surface area (Å²) in [5, 5.41) is 9.19. The standard InChI is InChI=1S/C9H21N3O/c1-3-12-6-4-8(5-7-12)11(2)9(10)13/h8-9,13H,3-7,10H2,1-2H3. The Hall–Kier alpha value is -0.160. The van der Waals surface area contributed by atoms with Crippen molar-refractivity contribution in [3.05, 3.63) is 0 Å². The molecule has 78 valence electrons. The molecule has 1 rings (SSSR count). The lowest BCUT2D eigenvalue weighted by Crippen LogP contribution is -2.50. The Balaban J connectivity index is 2.32. The van der Waals surface area contributed by atoms with Crippen LogP contribution in [0.25, 0.3) is 0 Å². The Morgan fingerprint density at radius 1 is 1.54 bits per heavy atom. The molecule has 1 saturated heterocycles. The molecule has 4 heteroatoms. The molecule has 1 aliphatic rings. The third kappa shape index (κ3) is 2.91. The average molecular weight is 187 g/mol. The maximum Gasteiger partial charge on any atom is 0.160 e. The van der Waals surface area contributed by atoms with Crippen LogP contribution in [0.2, 0.25) is 0 Å². The van der Waals surface area contributed by atoms with Gasteiger partial charge in [0.05, 0.1) is 0 Å². The van der Waals surface area contributed by atoms with Gasteiger partial charge in [0.25, 0.3) is 0 Å². The third-order valence-electron chi connectivity index (χ3n) is 3.00. The van der Waals surface area contributed by atoms with Crippen LogP contribution in [0.15, 0.2) is 0 Å². The fraction of sp³-hybridized carbons (Fsp3) is 1.00. The third-order valence-corrected chi connectivity index (χ3v) is 3.00. The fourth-order valence-electron chi connectivity index (χ4n) is 1.86. The molecule has 3 N–H and O–H groups in total. The molecule has 0 saturated carbocycles. The molecule has 0 aromatic heterocycles. The number of nitrogens with zero attached hydrogens (tertiary/aromatic N) is 2. The van der Waals surface area contributed by atoms with Gasteiger partial charge >= 0.3 is 0 Å². The first-order chi connectivity index (χ1) is 6.15. The predicted octanol–water partition coefficient (Wildman–Crippen LogP) is -0.363. The molecule has 1 heterocycles. The zero-order valence-electron chi connectivity index (χ0n) is 8.61. The van der Waals surface area contributed by atoms with E-state index in [2.05, 4.69) is 11.8 Å². The van der Waals surface area contributed by atoms with Crippen LogP contribution in [0.1, 0.15) is 19.8 Å². The normalized spacial score (nSPS) is 23.8. The van der Waals surface area contributed by atoms with Crippen LogP contribution >= 0.6 is 0 Å². The van der Waals surface area contributed by atoms with E-state index in [1.807, 2.05) is 11.9 Å². The van der Waals surface area contributed by atoms with Crippen LogP contribution in [0.4, 0.5) is 0 Å². The quantitative estimate of drug-likeness (QED) is 0.592. The minimum Gasteiger partial charge on any atom is -0.365 e. The number of hydrogen-bond donors (Lipinski definition) is 2. The average Bonchev–Trinajstić information content (AvgIpc) is 2.17. The Labute approximate surface area is 80.3 Å². The molecule has 0 aromatic carbocycles. The number of piperidine rings is 1. The second-order valence-electron chi connectivity index (χ2n) is 3.74. The molecule has 0 spiro atoms. The van der Waals surface area contributed by atoms with Gasteiger partial charge in [-0.2, -0.15) is 0 Å². The lowest BCUT2D eigenvalue weighted by molar-refractivity contribution is -0.0184. The molecule has 1 fully saturated rings. The summed E-state index contributed by atoms with van der Waals surface area (Å²) < 4.78 is 0. The number of aliphatic hydroxyl groups is 1. The number of rotatable bonds is 3. The van der Waals surface area contributed by atoms with E-state index in [-0.39, 0.29) is 0 Å². The van der Waals surface area contributed by atoms with Crippen LogP contribution < -0.4 is 5.73 Å². The minimum atomic E-state index is -0.807. The van der Waals surface area contributed by atoms with Crippen molar-refractivity contribution in [1.82, 2.24) is 9.80 Å². The van der Waals surface area contributed by atoms with Gasteiger partial charge in [-0.05, 0) is 39.5 Å². The topological polar surface area (TPSA) is 52.7 Å². The highest BCUT2D eigenvalue weighted by Gasteiger charge is 2.23. The second-order valence-corrected chi connectivity index (χ2v) is 3.74.